The van der Waals surface area contributed by atoms with E-state index in [1.807, 2.05) is 0 Å². The second kappa shape index (κ2) is 11.5. The summed E-state index contributed by atoms with van der Waals surface area (Å²) in [4.78, 5) is 33.0. The van der Waals surface area contributed by atoms with E-state index in [0.29, 0.717) is 31.5 Å². The smallest absolute Gasteiger partial charge is 0.328 e. The normalized spacial score (nSPS) is 11.1. The average Bonchev–Trinajstić information content (AvgIpc) is 2.32. The first-order valence-corrected chi connectivity index (χ1v) is 5.34. The van der Waals surface area contributed by atoms with Crippen LogP contribution in [0.5, 0.6) is 0 Å². The van der Waals surface area contributed by atoms with Crippen LogP contribution in [-0.4, -0.2) is 51.8 Å². The summed E-state index contributed by atoms with van der Waals surface area (Å²) in [7, 11) is 0. The maximum Gasteiger partial charge on any atom is 0.328 e. The van der Waals surface area contributed by atoms with Gasteiger partial charge < -0.3 is 32.5 Å². The molecule has 0 aromatic rings. The Bertz CT molecular complexity index is 373. The summed E-state index contributed by atoms with van der Waals surface area (Å²) in [5.74, 6) is -3.50. The lowest BCUT2D eigenvalue weighted by atomic mass is 10.2. The van der Waals surface area contributed by atoms with Crippen molar-refractivity contribution < 1.29 is 29.7 Å². The average molecular weight is 290 g/mol. The molecule has 10 heteroatoms. The highest BCUT2D eigenvalue weighted by atomic mass is 16.4. The first kappa shape index (κ1) is 19.7. The molecule has 0 aromatic heterocycles. The molecule has 0 aliphatic heterocycles. The monoisotopic (exact) mass is 290 g/mol. The molecule has 9 N–H and O–H groups in total. The van der Waals surface area contributed by atoms with Gasteiger partial charge in [-0.15, -0.1) is 0 Å². The molecule has 0 aliphatic carbocycles. The predicted octanol–water partition coefficient (Wildman–Crippen LogP) is -1.84. The third kappa shape index (κ3) is 17.8. The number of carboxylic acid groups (broad SMARTS) is 3. The fourth-order valence-corrected chi connectivity index (χ4v) is 0.785. The summed E-state index contributed by atoms with van der Waals surface area (Å²) in [6.07, 6.45) is 2.07. The number of hydrogen-bond donors (Lipinski definition) is 6. The van der Waals surface area contributed by atoms with Gasteiger partial charge in [-0.05, 0) is 12.8 Å². The van der Waals surface area contributed by atoms with Crippen molar-refractivity contribution in [2.75, 3.05) is 6.54 Å². The van der Waals surface area contributed by atoms with Crippen molar-refractivity contribution >= 4 is 23.9 Å². The van der Waals surface area contributed by atoms with E-state index in [2.05, 4.69) is 4.99 Å². The zero-order chi connectivity index (χ0) is 16.1. The summed E-state index contributed by atoms with van der Waals surface area (Å²) in [5, 5.41) is 24.0. The van der Waals surface area contributed by atoms with E-state index < -0.39 is 23.9 Å². The highest BCUT2D eigenvalue weighted by Gasteiger charge is 2.09. The third-order valence-corrected chi connectivity index (χ3v) is 1.65. The minimum atomic E-state index is -1.26. The summed E-state index contributed by atoms with van der Waals surface area (Å²) >= 11 is 0. The Morgan fingerprint density at radius 3 is 1.80 bits per heavy atom. The number of guanidine groups is 1. The Morgan fingerprint density at radius 2 is 1.50 bits per heavy atom. The lowest BCUT2D eigenvalue weighted by molar-refractivity contribution is -0.138. The molecule has 20 heavy (non-hydrogen) atoms. The minimum absolute atomic E-state index is 0.0129. The summed E-state index contributed by atoms with van der Waals surface area (Å²) in [6, 6.07) is -0.820. The Kier molecular flexibility index (Phi) is 11.3. The fraction of sp³-hybridized carbons (Fsp3) is 0.400. The highest BCUT2D eigenvalue weighted by Crippen LogP contribution is 1.94. The van der Waals surface area contributed by atoms with Gasteiger partial charge in [0.25, 0.3) is 0 Å². The molecular formula is C10H18N4O6. The van der Waals surface area contributed by atoms with Crippen molar-refractivity contribution in [3.63, 3.8) is 0 Å². The van der Waals surface area contributed by atoms with Crippen LogP contribution in [0.15, 0.2) is 17.1 Å². The van der Waals surface area contributed by atoms with E-state index in [-0.39, 0.29) is 5.96 Å². The summed E-state index contributed by atoms with van der Waals surface area (Å²) < 4.78 is 0. The van der Waals surface area contributed by atoms with E-state index in [0.717, 1.165) is 0 Å². The molecule has 0 rings (SSSR count). The molecule has 0 saturated heterocycles. The number of aliphatic imine (C=N–C) groups is 1. The van der Waals surface area contributed by atoms with Gasteiger partial charge in [0.15, 0.2) is 5.96 Å². The standard InChI is InChI=1S/C6H14N4O2.C4H4O4/c7-4(5(11)12)2-1-3-10-6(8)9;5-3(6)1-2-4(7)8/h4H,1-3,7H2,(H,11,12)(H4,8,9,10);1-2H,(H,5,6)(H,7,8)/b;2-1+. The molecule has 0 amide bonds. The molecule has 0 heterocycles. The summed E-state index contributed by atoms with van der Waals surface area (Å²) in [5.41, 5.74) is 15.3. The maximum absolute atomic E-state index is 10.2. The molecule has 1 unspecified atom stereocenters. The van der Waals surface area contributed by atoms with Crippen LogP contribution in [-0.2, 0) is 14.4 Å². The molecule has 10 nitrogen and oxygen atoms in total. The number of carboxylic acids is 3. The minimum Gasteiger partial charge on any atom is -0.480 e. The highest BCUT2D eigenvalue weighted by molar-refractivity contribution is 5.89. The first-order chi connectivity index (χ1) is 9.16. The number of nitrogens with zero attached hydrogens (tertiary/aromatic N) is 1. The van der Waals surface area contributed by atoms with Gasteiger partial charge in [0.1, 0.15) is 6.04 Å². The quantitative estimate of drug-likeness (QED) is 0.135. The summed E-state index contributed by atoms with van der Waals surface area (Å²) in [6.45, 7) is 0.420. The van der Waals surface area contributed by atoms with Gasteiger partial charge in [0.2, 0.25) is 0 Å². The SMILES string of the molecule is NC(N)=NCCCC(N)C(=O)O.O=C(O)/C=C/C(=O)O. The Morgan fingerprint density at radius 1 is 1.05 bits per heavy atom. The van der Waals surface area contributed by atoms with Gasteiger partial charge in [-0.25, -0.2) is 9.59 Å². The Hall–Kier alpha value is -2.62. The second-order valence-electron chi connectivity index (χ2n) is 3.40. The van der Waals surface area contributed by atoms with Crippen molar-refractivity contribution in [1.82, 2.24) is 0 Å². The zero-order valence-electron chi connectivity index (χ0n) is 10.6. The van der Waals surface area contributed by atoms with Crippen LogP contribution in [0, 0.1) is 0 Å². The van der Waals surface area contributed by atoms with Crippen LogP contribution in [0.3, 0.4) is 0 Å². The number of carbonyl (C=O) groups is 3. The van der Waals surface area contributed by atoms with Crippen LogP contribution in [0.2, 0.25) is 0 Å². The molecule has 0 fully saturated rings. The first-order valence-electron chi connectivity index (χ1n) is 5.34. The van der Waals surface area contributed by atoms with Gasteiger partial charge in [0, 0.05) is 18.7 Å². The van der Waals surface area contributed by atoms with Gasteiger partial charge in [-0.2, -0.15) is 0 Å². The van der Waals surface area contributed by atoms with Crippen LogP contribution in [0.25, 0.3) is 0 Å². The topological polar surface area (TPSA) is 202 Å². The van der Waals surface area contributed by atoms with Crippen LogP contribution < -0.4 is 17.2 Å². The van der Waals surface area contributed by atoms with Crippen LogP contribution >= 0.6 is 0 Å². The molecule has 0 bridgehead atoms. The van der Waals surface area contributed by atoms with E-state index in [9.17, 15) is 14.4 Å². The van der Waals surface area contributed by atoms with Gasteiger partial charge in [0.05, 0.1) is 0 Å². The molecule has 114 valence electrons. The molecule has 0 aromatic carbocycles. The van der Waals surface area contributed by atoms with Gasteiger partial charge >= 0.3 is 17.9 Å². The molecule has 0 radical (unpaired) electrons. The van der Waals surface area contributed by atoms with E-state index >= 15 is 0 Å². The van der Waals surface area contributed by atoms with Crippen molar-refractivity contribution in [3.8, 4) is 0 Å². The molecule has 1 atom stereocenters. The molecule has 0 aliphatic rings. The van der Waals surface area contributed by atoms with Crippen LogP contribution in [0.1, 0.15) is 12.8 Å². The van der Waals surface area contributed by atoms with Crippen molar-refractivity contribution in [2.24, 2.45) is 22.2 Å². The van der Waals surface area contributed by atoms with Crippen molar-refractivity contribution in [2.45, 2.75) is 18.9 Å². The fourth-order valence-electron chi connectivity index (χ4n) is 0.785. The number of nitrogens with two attached hydrogens (primary N) is 3. The molecule has 0 spiro atoms. The van der Waals surface area contributed by atoms with Gasteiger partial charge in [-0.3, -0.25) is 9.79 Å². The molecular weight excluding hydrogens is 272 g/mol. The van der Waals surface area contributed by atoms with Gasteiger partial charge in [-0.1, -0.05) is 0 Å². The second-order valence-corrected chi connectivity index (χ2v) is 3.40. The maximum atomic E-state index is 10.2. The Labute approximate surface area is 114 Å². The number of hydrogen-bond acceptors (Lipinski definition) is 5. The number of rotatable bonds is 7. The largest absolute Gasteiger partial charge is 0.480 e. The molecule has 0 saturated carbocycles. The lowest BCUT2D eigenvalue weighted by Gasteiger charge is -2.03. The van der Waals surface area contributed by atoms with Crippen molar-refractivity contribution in [1.29, 1.82) is 0 Å². The van der Waals surface area contributed by atoms with Crippen LogP contribution in [0.4, 0.5) is 0 Å². The lowest BCUT2D eigenvalue weighted by Crippen LogP contribution is -2.30. The Balaban J connectivity index is 0. The van der Waals surface area contributed by atoms with E-state index in [1.54, 1.807) is 0 Å². The third-order valence-electron chi connectivity index (χ3n) is 1.65. The van der Waals surface area contributed by atoms with E-state index in [4.69, 9.17) is 32.5 Å². The predicted molar refractivity (Wildman–Crippen MR) is 69.9 cm³/mol. The number of aliphatic carboxylic acids is 3. The van der Waals surface area contributed by atoms with Crippen molar-refractivity contribution in [3.05, 3.63) is 12.2 Å². The zero-order valence-corrected chi connectivity index (χ0v) is 10.6. The van der Waals surface area contributed by atoms with E-state index in [1.165, 1.54) is 0 Å².